The van der Waals surface area contributed by atoms with E-state index in [0.717, 1.165) is 5.56 Å². The standard InChI is InChI=1S/C24H27FN4O3/c25-20-8-4-7-19(15-20)17-28-13-14-29(23(31)22(28)30)21-9-11-27(12-10-21)24(32)26-16-18-5-2-1-3-6-18/h1-8,15,21H,9-14,16-17H2,(H,26,32). The minimum Gasteiger partial charge on any atom is -0.334 e. The van der Waals surface area contributed by atoms with Gasteiger partial charge in [-0.1, -0.05) is 42.5 Å². The van der Waals surface area contributed by atoms with E-state index in [9.17, 15) is 18.8 Å². The summed E-state index contributed by atoms with van der Waals surface area (Å²) in [5.41, 5.74) is 1.70. The first kappa shape index (κ1) is 21.8. The largest absolute Gasteiger partial charge is 0.334 e. The quantitative estimate of drug-likeness (QED) is 0.729. The average molecular weight is 439 g/mol. The third kappa shape index (κ3) is 5.07. The zero-order valence-corrected chi connectivity index (χ0v) is 17.9. The number of urea groups is 1. The maximum atomic E-state index is 13.4. The van der Waals surface area contributed by atoms with Crippen molar-refractivity contribution in [3.05, 3.63) is 71.5 Å². The van der Waals surface area contributed by atoms with Crippen LogP contribution in [0.5, 0.6) is 0 Å². The summed E-state index contributed by atoms with van der Waals surface area (Å²) >= 11 is 0. The Balaban J connectivity index is 1.26. The summed E-state index contributed by atoms with van der Waals surface area (Å²) in [5.74, 6) is -1.43. The second kappa shape index (κ2) is 9.80. The van der Waals surface area contributed by atoms with E-state index in [1.807, 2.05) is 30.3 Å². The van der Waals surface area contributed by atoms with E-state index in [1.54, 1.807) is 21.9 Å². The number of nitrogens with one attached hydrogen (secondary N) is 1. The molecule has 32 heavy (non-hydrogen) atoms. The van der Waals surface area contributed by atoms with E-state index in [-0.39, 0.29) is 24.4 Å². The van der Waals surface area contributed by atoms with Gasteiger partial charge in [-0.3, -0.25) is 9.59 Å². The molecule has 0 radical (unpaired) electrons. The van der Waals surface area contributed by atoms with Crippen LogP contribution in [0.15, 0.2) is 54.6 Å². The van der Waals surface area contributed by atoms with Crippen molar-refractivity contribution >= 4 is 17.8 Å². The van der Waals surface area contributed by atoms with E-state index >= 15 is 0 Å². The molecular formula is C24H27FN4O3. The molecule has 2 aliphatic heterocycles. The molecule has 2 aromatic carbocycles. The zero-order chi connectivity index (χ0) is 22.5. The molecule has 8 heteroatoms. The third-order valence-corrected chi connectivity index (χ3v) is 6.08. The van der Waals surface area contributed by atoms with Crippen molar-refractivity contribution < 1.29 is 18.8 Å². The highest BCUT2D eigenvalue weighted by atomic mass is 19.1. The van der Waals surface area contributed by atoms with Gasteiger partial charge in [0, 0.05) is 45.3 Å². The molecule has 1 N–H and O–H groups in total. The van der Waals surface area contributed by atoms with Gasteiger partial charge in [0.2, 0.25) is 0 Å². The lowest BCUT2D eigenvalue weighted by molar-refractivity contribution is -0.158. The summed E-state index contributed by atoms with van der Waals surface area (Å²) < 4.78 is 13.4. The van der Waals surface area contributed by atoms with Crippen LogP contribution in [0, 0.1) is 5.82 Å². The number of amides is 4. The number of halogens is 1. The van der Waals surface area contributed by atoms with Gasteiger partial charge in [-0.15, -0.1) is 0 Å². The number of rotatable bonds is 5. The molecule has 0 saturated carbocycles. The van der Waals surface area contributed by atoms with Crippen molar-refractivity contribution in [3.8, 4) is 0 Å². The van der Waals surface area contributed by atoms with Gasteiger partial charge in [-0.25, -0.2) is 9.18 Å². The lowest BCUT2D eigenvalue weighted by atomic mass is 10.0. The SMILES string of the molecule is O=C(NCc1ccccc1)N1CCC(N2CCN(Cc3cccc(F)c3)C(=O)C2=O)CC1. The molecule has 0 unspecified atom stereocenters. The molecule has 2 aliphatic rings. The van der Waals surface area contributed by atoms with Crippen LogP contribution in [-0.2, 0) is 22.7 Å². The van der Waals surface area contributed by atoms with Crippen LogP contribution < -0.4 is 5.32 Å². The summed E-state index contributed by atoms with van der Waals surface area (Å²) in [6, 6.07) is 15.6. The average Bonchev–Trinajstić information content (AvgIpc) is 2.81. The van der Waals surface area contributed by atoms with Crippen molar-refractivity contribution in [1.29, 1.82) is 0 Å². The minimum absolute atomic E-state index is 0.0547. The molecule has 2 saturated heterocycles. The van der Waals surface area contributed by atoms with Crippen molar-refractivity contribution in [1.82, 2.24) is 20.0 Å². The number of carbonyl (C=O) groups excluding carboxylic acids is 3. The Labute approximate surface area is 186 Å². The molecule has 2 heterocycles. The van der Waals surface area contributed by atoms with Gasteiger partial charge in [-0.05, 0) is 36.1 Å². The smallest absolute Gasteiger partial charge is 0.317 e. The monoisotopic (exact) mass is 438 g/mol. The van der Waals surface area contributed by atoms with Crippen molar-refractivity contribution in [2.75, 3.05) is 26.2 Å². The molecule has 0 bridgehead atoms. The Morgan fingerprint density at radius 2 is 1.62 bits per heavy atom. The first-order valence-electron chi connectivity index (χ1n) is 10.9. The first-order chi connectivity index (χ1) is 15.5. The minimum atomic E-state index is -0.552. The van der Waals surface area contributed by atoms with Gasteiger partial charge in [0.05, 0.1) is 0 Å². The van der Waals surface area contributed by atoms with Crippen molar-refractivity contribution in [2.24, 2.45) is 0 Å². The second-order valence-electron chi connectivity index (χ2n) is 8.22. The van der Waals surface area contributed by atoms with Crippen LogP contribution in [-0.4, -0.2) is 64.8 Å². The molecule has 2 fully saturated rings. The Morgan fingerprint density at radius 1 is 0.906 bits per heavy atom. The van der Waals surface area contributed by atoms with E-state index in [4.69, 9.17) is 0 Å². The number of piperazine rings is 1. The highest BCUT2D eigenvalue weighted by Crippen LogP contribution is 2.21. The van der Waals surface area contributed by atoms with Crippen LogP contribution in [0.3, 0.4) is 0 Å². The Kier molecular flexibility index (Phi) is 6.68. The fraction of sp³-hybridized carbons (Fsp3) is 0.375. The normalized spacial score (nSPS) is 17.6. The molecule has 4 rings (SSSR count). The summed E-state index contributed by atoms with van der Waals surface area (Å²) in [5, 5.41) is 2.93. The highest BCUT2D eigenvalue weighted by Gasteiger charge is 2.38. The van der Waals surface area contributed by atoms with E-state index < -0.39 is 11.8 Å². The predicted octanol–water partition coefficient (Wildman–Crippen LogP) is 2.37. The maximum Gasteiger partial charge on any atom is 0.317 e. The molecule has 0 aromatic heterocycles. The summed E-state index contributed by atoms with van der Waals surface area (Å²) in [6.07, 6.45) is 1.28. The number of likely N-dealkylation sites (tertiary alicyclic amines) is 1. The molecule has 7 nitrogen and oxygen atoms in total. The molecule has 168 valence electrons. The predicted molar refractivity (Wildman–Crippen MR) is 117 cm³/mol. The van der Waals surface area contributed by atoms with Crippen LogP contribution >= 0.6 is 0 Å². The third-order valence-electron chi connectivity index (χ3n) is 6.08. The number of piperidine rings is 1. The Bertz CT molecular complexity index is 976. The number of nitrogens with zero attached hydrogens (tertiary/aromatic N) is 3. The van der Waals surface area contributed by atoms with Gasteiger partial charge in [0.1, 0.15) is 5.82 Å². The Hall–Kier alpha value is -3.42. The molecule has 4 amide bonds. The number of benzene rings is 2. The van der Waals surface area contributed by atoms with E-state index in [2.05, 4.69) is 5.32 Å². The van der Waals surface area contributed by atoms with Gasteiger partial charge >= 0.3 is 17.8 Å². The summed E-state index contributed by atoms with van der Waals surface area (Å²) in [7, 11) is 0. The van der Waals surface area contributed by atoms with Crippen LogP contribution in [0.4, 0.5) is 9.18 Å². The highest BCUT2D eigenvalue weighted by molar-refractivity contribution is 6.35. The van der Waals surface area contributed by atoms with E-state index in [1.165, 1.54) is 17.0 Å². The van der Waals surface area contributed by atoms with Gasteiger partial charge in [0.15, 0.2) is 0 Å². The summed E-state index contributed by atoms with van der Waals surface area (Å²) in [4.78, 5) is 42.7. The Morgan fingerprint density at radius 3 is 2.34 bits per heavy atom. The fourth-order valence-electron chi connectivity index (χ4n) is 4.31. The first-order valence-corrected chi connectivity index (χ1v) is 10.9. The number of hydrogen-bond donors (Lipinski definition) is 1. The van der Waals surface area contributed by atoms with Gasteiger partial charge < -0.3 is 20.0 Å². The topological polar surface area (TPSA) is 73.0 Å². The van der Waals surface area contributed by atoms with Gasteiger partial charge in [0.25, 0.3) is 0 Å². The van der Waals surface area contributed by atoms with Gasteiger partial charge in [-0.2, -0.15) is 0 Å². The fourth-order valence-corrected chi connectivity index (χ4v) is 4.31. The lowest BCUT2D eigenvalue weighted by Crippen LogP contribution is -2.59. The second-order valence-corrected chi connectivity index (χ2v) is 8.22. The molecule has 0 aliphatic carbocycles. The molecular weight excluding hydrogens is 411 g/mol. The van der Waals surface area contributed by atoms with Crippen LogP contribution in [0.2, 0.25) is 0 Å². The number of hydrogen-bond acceptors (Lipinski definition) is 3. The zero-order valence-electron chi connectivity index (χ0n) is 17.9. The lowest BCUT2D eigenvalue weighted by Gasteiger charge is -2.42. The van der Waals surface area contributed by atoms with Crippen LogP contribution in [0.1, 0.15) is 24.0 Å². The van der Waals surface area contributed by atoms with Crippen molar-refractivity contribution in [3.63, 3.8) is 0 Å². The maximum absolute atomic E-state index is 13.4. The van der Waals surface area contributed by atoms with Crippen LogP contribution in [0.25, 0.3) is 0 Å². The number of carbonyl (C=O) groups is 3. The summed E-state index contributed by atoms with van der Waals surface area (Å²) in [6.45, 7) is 2.63. The van der Waals surface area contributed by atoms with Crippen molar-refractivity contribution in [2.45, 2.75) is 32.0 Å². The molecule has 2 aromatic rings. The molecule has 0 spiro atoms. The van der Waals surface area contributed by atoms with E-state index in [0.29, 0.717) is 51.1 Å². The molecule has 0 atom stereocenters.